The summed E-state index contributed by atoms with van der Waals surface area (Å²) in [6.45, 7) is 2.90. The van der Waals surface area contributed by atoms with Crippen molar-refractivity contribution in [3.63, 3.8) is 0 Å². The lowest BCUT2D eigenvalue weighted by Crippen LogP contribution is -2.39. The first kappa shape index (κ1) is 30.0. The number of allylic oxidation sites excluding steroid dienone is 1. The fourth-order valence-corrected chi connectivity index (χ4v) is 5.77. The number of hydrogen-bond acceptors (Lipinski definition) is 7. The van der Waals surface area contributed by atoms with E-state index in [4.69, 9.17) is 23.9 Å². The molecular formula is C34H39N3O6. The molecule has 0 saturated heterocycles. The summed E-state index contributed by atoms with van der Waals surface area (Å²) in [5, 5.41) is 14.1. The quantitative estimate of drug-likeness (QED) is 0.228. The molecule has 2 N–H and O–H groups in total. The van der Waals surface area contributed by atoms with E-state index in [0.717, 1.165) is 31.4 Å². The molecule has 0 radical (unpaired) electrons. The molecule has 0 saturated carbocycles. The Bertz CT molecular complexity index is 1630. The van der Waals surface area contributed by atoms with Crippen LogP contribution in [0.1, 0.15) is 46.9 Å². The molecule has 2 heterocycles. The average Bonchev–Trinajstić information content (AvgIpc) is 3.39. The summed E-state index contributed by atoms with van der Waals surface area (Å²) >= 11 is 0. The second-order valence-electron chi connectivity index (χ2n) is 10.6. The number of pyridine rings is 1. The zero-order valence-corrected chi connectivity index (χ0v) is 25.4. The maximum absolute atomic E-state index is 14.0. The van der Waals surface area contributed by atoms with Crippen molar-refractivity contribution in [1.29, 1.82) is 0 Å². The molecule has 4 aromatic rings. The van der Waals surface area contributed by atoms with Crippen LogP contribution in [0.3, 0.4) is 0 Å². The zero-order valence-electron chi connectivity index (χ0n) is 25.4. The summed E-state index contributed by atoms with van der Waals surface area (Å²) < 4.78 is 24.3. The first-order chi connectivity index (χ1) is 20.9. The molecule has 1 unspecified atom stereocenters. The van der Waals surface area contributed by atoms with Crippen LogP contribution < -0.4 is 24.3 Å². The Morgan fingerprint density at radius 3 is 2.47 bits per heavy atom. The van der Waals surface area contributed by atoms with Crippen LogP contribution >= 0.6 is 0 Å². The van der Waals surface area contributed by atoms with Gasteiger partial charge in [0.1, 0.15) is 5.75 Å². The van der Waals surface area contributed by atoms with E-state index in [1.807, 2.05) is 12.1 Å². The third-order valence-corrected chi connectivity index (χ3v) is 7.86. The Labute approximate surface area is 252 Å². The SMILES string of the molecule is CCCn1cc(CC(CO)NC(=O)c2cc(-c3cc(OC)c(OC)c(OC)c3)nc3ccc(OC)cc23)c2c1C=CCC2. The van der Waals surface area contributed by atoms with Gasteiger partial charge in [-0.2, -0.15) is 0 Å². The molecule has 1 atom stereocenters. The zero-order chi connectivity index (χ0) is 30.5. The molecule has 9 nitrogen and oxygen atoms in total. The Kier molecular flexibility index (Phi) is 9.21. The fourth-order valence-electron chi connectivity index (χ4n) is 5.77. The topological polar surface area (TPSA) is 104 Å². The lowest BCUT2D eigenvalue weighted by Gasteiger charge is -2.19. The summed E-state index contributed by atoms with van der Waals surface area (Å²) in [7, 11) is 6.24. The average molecular weight is 586 g/mol. The van der Waals surface area contributed by atoms with Gasteiger partial charge in [-0.3, -0.25) is 4.79 Å². The van der Waals surface area contributed by atoms with Crippen molar-refractivity contribution in [3.05, 3.63) is 71.1 Å². The van der Waals surface area contributed by atoms with Gasteiger partial charge in [0.05, 0.1) is 57.9 Å². The fraction of sp³-hybridized carbons (Fsp3) is 0.353. The van der Waals surface area contributed by atoms with E-state index < -0.39 is 6.04 Å². The molecular weight excluding hydrogens is 546 g/mol. The molecule has 9 heteroatoms. The number of aryl methyl sites for hydroxylation is 1. The molecule has 0 aliphatic heterocycles. The Morgan fingerprint density at radius 2 is 1.81 bits per heavy atom. The molecule has 1 amide bonds. The van der Waals surface area contributed by atoms with E-state index in [1.54, 1.807) is 52.7 Å². The van der Waals surface area contributed by atoms with Gasteiger partial charge in [-0.15, -0.1) is 0 Å². The van der Waals surface area contributed by atoms with Crippen molar-refractivity contribution >= 4 is 22.9 Å². The molecule has 1 aliphatic carbocycles. The number of fused-ring (bicyclic) bond motifs is 2. The molecule has 1 aliphatic rings. The van der Waals surface area contributed by atoms with Crippen LogP contribution in [0, 0.1) is 0 Å². The van der Waals surface area contributed by atoms with Crippen LogP contribution in [0.2, 0.25) is 0 Å². The van der Waals surface area contributed by atoms with Crippen LogP contribution in [0.4, 0.5) is 0 Å². The van der Waals surface area contributed by atoms with Gasteiger partial charge < -0.3 is 33.9 Å². The van der Waals surface area contributed by atoms with E-state index in [9.17, 15) is 9.90 Å². The normalized spacial score (nSPS) is 13.0. The molecule has 0 bridgehead atoms. The molecule has 5 rings (SSSR count). The van der Waals surface area contributed by atoms with Crippen molar-refractivity contribution in [2.24, 2.45) is 0 Å². The van der Waals surface area contributed by atoms with E-state index in [0.29, 0.717) is 57.1 Å². The van der Waals surface area contributed by atoms with Crippen LogP contribution in [-0.4, -0.2) is 61.7 Å². The molecule has 226 valence electrons. The Hall–Kier alpha value is -4.50. The van der Waals surface area contributed by atoms with Crippen molar-refractivity contribution < 1.29 is 28.8 Å². The van der Waals surface area contributed by atoms with Crippen LogP contribution in [0.15, 0.2) is 48.7 Å². The molecule has 0 spiro atoms. The number of ether oxygens (including phenoxy) is 4. The third kappa shape index (κ3) is 6.03. The number of amides is 1. The number of aliphatic hydroxyl groups is 1. The predicted octanol–water partition coefficient (Wildman–Crippen LogP) is 5.44. The van der Waals surface area contributed by atoms with Gasteiger partial charge in [-0.05, 0) is 79.3 Å². The second kappa shape index (κ2) is 13.2. The number of rotatable bonds is 12. The lowest BCUT2D eigenvalue weighted by molar-refractivity contribution is 0.0918. The summed E-state index contributed by atoms with van der Waals surface area (Å²) in [4.78, 5) is 18.8. The maximum atomic E-state index is 14.0. The number of aromatic nitrogens is 2. The molecule has 0 fully saturated rings. The molecule has 43 heavy (non-hydrogen) atoms. The van der Waals surface area contributed by atoms with E-state index >= 15 is 0 Å². The first-order valence-corrected chi connectivity index (χ1v) is 14.5. The minimum absolute atomic E-state index is 0.193. The number of carbonyl (C=O) groups excluding carboxylic acids is 1. The number of benzene rings is 2. The van der Waals surface area contributed by atoms with Gasteiger partial charge >= 0.3 is 0 Å². The van der Waals surface area contributed by atoms with Gasteiger partial charge in [0, 0.05) is 29.4 Å². The highest BCUT2D eigenvalue weighted by Gasteiger charge is 2.23. The van der Waals surface area contributed by atoms with Crippen molar-refractivity contribution in [3.8, 4) is 34.3 Å². The number of carbonyl (C=O) groups is 1. The largest absolute Gasteiger partial charge is 0.497 e. The minimum atomic E-state index is -0.474. The van der Waals surface area contributed by atoms with Gasteiger partial charge in [-0.1, -0.05) is 13.0 Å². The summed E-state index contributed by atoms with van der Waals surface area (Å²) in [5.74, 6) is 1.73. The van der Waals surface area contributed by atoms with Crippen molar-refractivity contribution in [2.75, 3.05) is 35.0 Å². The van der Waals surface area contributed by atoms with Crippen LogP contribution in [0.5, 0.6) is 23.0 Å². The highest BCUT2D eigenvalue weighted by molar-refractivity contribution is 6.07. The molecule has 2 aromatic heterocycles. The number of nitrogens with one attached hydrogen (secondary N) is 1. The molecule has 2 aromatic carbocycles. The van der Waals surface area contributed by atoms with Crippen LogP contribution in [-0.2, 0) is 19.4 Å². The Morgan fingerprint density at radius 1 is 1.05 bits per heavy atom. The highest BCUT2D eigenvalue weighted by atomic mass is 16.5. The monoisotopic (exact) mass is 585 g/mol. The van der Waals surface area contributed by atoms with E-state index in [-0.39, 0.29) is 12.5 Å². The first-order valence-electron chi connectivity index (χ1n) is 14.5. The predicted molar refractivity (Wildman–Crippen MR) is 168 cm³/mol. The van der Waals surface area contributed by atoms with E-state index in [1.165, 1.54) is 11.3 Å². The van der Waals surface area contributed by atoms with E-state index in [2.05, 4.69) is 35.2 Å². The summed E-state index contributed by atoms with van der Waals surface area (Å²) in [6.07, 6.45) is 10.1. The maximum Gasteiger partial charge on any atom is 0.252 e. The van der Waals surface area contributed by atoms with Gasteiger partial charge in [0.25, 0.3) is 5.91 Å². The highest BCUT2D eigenvalue weighted by Crippen LogP contribution is 2.41. The third-order valence-electron chi connectivity index (χ3n) is 7.86. The van der Waals surface area contributed by atoms with Crippen molar-refractivity contribution in [1.82, 2.24) is 14.9 Å². The second-order valence-corrected chi connectivity index (χ2v) is 10.6. The smallest absolute Gasteiger partial charge is 0.252 e. The summed E-state index contributed by atoms with van der Waals surface area (Å²) in [5.41, 5.74) is 5.97. The summed E-state index contributed by atoms with van der Waals surface area (Å²) in [6, 6.07) is 10.3. The minimum Gasteiger partial charge on any atom is -0.497 e. The lowest BCUT2D eigenvalue weighted by atomic mass is 9.96. The number of aliphatic hydroxyl groups excluding tert-OH is 1. The van der Waals surface area contributed by atoms with Crippen LogP contribution in [0.25, 0.3) is 28.2 Å². The number of nitrogens with zero attached hydrogens (tertiary/aromatic N) is 2. The van der Waals surface area contributed by atoms with Gasteiger partial charge in [0.2, 0.25) is 5.75 Å². The van der Waals surface area contributed by atoms with Gasteiger partial charge in [-0.25, -0.2) is 4.98 Å². The number of hydrogen-bond donors (Lipinski definition) is 2. The Balaban J connectivity index is 1.53. The number of methoxy groups -OCH3 is 4. The van der Waals surface area contributed by atoms with Gasteiger partial charge in [0.15, 0.2) is 11.5 Å². The van der Waals surface area contributed by atoms with Crippen molar-refractivity contribution in [2.45, 2.75) is 45.2 Å². The standard InChI is InChI=1S/C34H39N3O6/c1-6-13-37-19-22(25-9-7-8-10-30(25)37)14-23(20-38)35-34(39)27-18-29(36-28-12-11-24(40-2)17-26(27)28)21-15-31(41-3)33(43-5)32(16-21)42-4/h8,10-12,15-19,23,38H,6-7,9,13-14,20H2,1-5H3,(H,35,39).